The average Bonchev–Trinajstić information content (AvgIpc) is 2.38. The summed E-state index contributed by atoms with van der Waals surface area (Å²) in [5, 5.41) is 0. The third-order valence-corrected chi connectivity index (χ3v) is 3.80. The molecule has 2 nitrogen and oxygen atoms in total. The van der Waals surface area contributed by atoms with E-state index in [4.69, 9.17) is 10.5 Å². The maximum absolute atomic E-state index is 14.0. The van der Waals surface area contributed by atoms with Gasteiger partial charge in [0.15, 0.2) is 0 Å². The summed E-state index contributed by atoms with van der Waals surface area (Å²) in [5.74, 6) is 0.484. The summed E-state index contributed by atoms with van der Waals surface area (Å²) < 4.78 is 20.2. The van der Waals surface area contributed by atoms with Crippen LogP contribution in [0, 0.1) is 12.7 Å². The maximum atomic E-state index is 14.0. The lowest BCUT2D eigenvalue weighted by molar-refractivity contribution is 0.340. The van der Waals surface area contributed by atoms with E-state index in [-0.39, 0.29) is 5.82 Å². The number of ether oxygens (including phenoxy) is 1. The third kappa shape index (κ3) is 3.19. The number of hydrogen-bond donors (Lipinski definition) is 1. The van der Waals surface area contributed by atoms with Crippen molar-refractivity contribution in [3.05, 3.63) is 63.4 Å². The van der Waals surface area contributed by atoms with E-state index in [1.807, 2.05) is 38.1 Å². The van der Waals surface area contributed by atoms with Crippen molar-refractivity contribution in [2.45, 2.75) is 19.9 Å². The van der Waals surface area contributed by atoms with Crippen LogP contribution < -0.4 is 10.5 Å². The topological polar surface area (TPSA) is 35.2 Å². The SMILES string of the molecule is CCOc1ccc(C(N)c2ccc(C)cc2F)c(Br)c1. The summed E-state index contributed by atoms with van der Waals surface area (Å²) in [6.07, 6.45) is 0. The van der Waals surface area contributed by atoms with Gasteiger partial charge in [0.05, 0.1) is 12.6 Å². The molecule has 0 aliphatic rings. The molecule has 2 rings (SSSR count). The number of aryl methyl sites for hydroxylation is 1. The first-order chi connectivity index (χ1) is 9.52. The van der Waals surface area contributed by atoms with E-state index in [2.05, 4.69) is 15.9 Å². The van der Waals surface area contributed by atoms with Crippen LogP contribution in [0.25, 0.3) is 0 Å². The molecule has 0 aliphatic carbocycles. The van der Waals surface area contributed by atoms with Gasteiger partial charge in [0.25, 0.3) is 0 Å². The van der Waals surface area contributed by atoms with Gasteiger partial charge in [0.1, 0.15) is 11.6 Å². The standard InChI is InChI=1S/C16H17BrFNO/c1-3-20-11-5-7-12(14(17)9-11)16(19)13-6-4-10(2)8-15(13)18/h4-9,16H,3,19H2,1-2H3. The lowest BCUT2D eigenvalue weighted by Gasteiger charge is -2.16. The first-order valence-electron chi connectivity index (χ1n) is 6.46. The van der Waals surface area contributed by atoms with Crippen molar-refractivity contribution in [3.8, 4) is 5.75 Å². The van der Waals surface area contributed by atoms with Crippen molar-refractivity contribution in [1.82, 2.24) is 0 Å². The van der Waals surface area contributed by atoms with E-state index in [0.717, 1.165) is 21.3 Å². The van der Waals surface area contributed by atoms with E-state index >= 15 is 0 Å². The summed E-state index contributed by atoms with van der Waals surface area (Å²) in [4.78, 5) is 0. The van der Waals surface area contributed by atoms with Crippen molar-refractivity contribution in [1.29, 1.82) is 0 Å². The fourth-order valence-corrected chi connectivity index (χ4v) is 2.67. The molecule has 0 aliphatic heterocycles. The highest BCUT2D eigenvalue weighted by atomic mass is 79.9. The Morgan fingerprint density at radius 1 is 1.20 bits per heavy atom. The van der Waals surface area contributed by atoms with Gasteiger partial charge in [-0.3, -0.25) is 0 Å². The molecule has 0 heterocycles. The van der Waals surface area contributed by atoms with Crippen LogP contribution >= 0.6 is 15.9 Å². The molecule has 0 bridgehead atoms. The Labute approximate surface area is 126 Å². The molecule has 106 valence electrons. The Morgan fingerprint density at radius 2 is 1.90 bits per heavy atom. The molecular weight excluding hydrogens is 321 g/mol. The molecule has 2 aromatic rings. The molecule has 1 atom stereocenters. The number of rotatable bonds is 4. The highest BCUT2D eigenvalue weighted by molar-refractivity contribution is 9.10. The van der Waals surface area contributed by atoms with E-state index in [0.29, 0.717) is 12.2 Å². The zero-order valence-corrected chi connectivity index (χ0v) is 13.1. The van der Waals surface area contributed by atoms with Crippen molar-refractivity contribution in [2.24, 2.45) is 5.73 Å². The summed E-state index contributed by atoms with van der Waals surface area (Å²) >= 11 is 3.47. The number of benzene rings is 2. The summed E-state index contributed by atoms with van der Waals surface area (Å²) in [7, 11) is 0. The van der Waals surface area contributed by atoms with Gasteiger partial charge in [0, 0.05) is 10.0 Å². The van der Waals surface area contributed by atoms with Crippen LogP contribution in [-0.2, 0) is 0 Å². The highest BCUT2D eigenvalue weighted by Gasteiger charge is 2.16. The Bertz CT molecular complexity index is 615. The van der Waals surface area contributed by atoms with Gasteiger partial charge in [0.2, 0.25) is 0 Å². The molecule has 0 fully saturated rings. The average molecular weight is 338 g/mol. The minimum Gasteiger partial charge on any atom is -0.494 e. The van der Waals surface area contributed by atoms with Crippen LogP contribution in [0.4, 0.5) is 4.39 Å². The molecule has 1 unspecified atom stereocenters. The predicted molar refractivity (Wildman–Crippen MR) is 82.5 cm³/mol. The normalized spacial score (nSPS) is 12.2. The van der Waals surface area contributed by atoms with Crippen LogP contribution in [0.15, 0.2) is 40.9 Å². The molecule has 0 saturated carbocycles. The molecule has 0 radical (unpaired) electrons. The van der Waals surface area contributed by atoms with Crippen molar-refractivity contribution >= 4 is 15.9 Å². The first-order valence-corrected chi connectivity index (χ1v) is 7.26. The lowest BCUT2D eigenvalue weighted by atomic mass is 9.98. The molecule has 2 N–H and O–H groups in total. The lowest BCUT2D eigenvalue weighted by Crippen LogP contribution is -2.14. The molecule has 0 aromatic heterocycles. The molecule has 0 amide bonds. The summed E-state index contributed by atoms with van der Waals surface area (Å²) in [6.45, 7) is 4.38. The number of halogens is 2. The van der Waals surface area contributed by atoms with Gasteiger partial charge in [-0.1, -0.05) is 34.1 Å². The second kappa shape index (κ2) is 6.37. The second-order valence-corrected chi connectivity index (χ2v) is 5.47. The van der Waals surface area contributed by atoms with E-state index < -0.39 is 6.04 Å². The Hall–Kier alpha value is -1.39. The quantitative estimate of drug-likeness (QED) is 0.900. The van der Waals surface area contributed by atoms with Gasteiger partial charge in [-0.2, -0.15) is 0 Å². The Kier molecular flexibility index (Phi) is 4.78. The maximum Gasteiger partial charge on any atom is 0.128 e. The zero-order chi connectivity index (χ0) is 14.7. The van der Waals surface area contributed by atoms with Crippen LogP contribution in [0.5, 0.6) is 5.75 Å². The van der Waals surface area contributed by atoms with Gasteiger partial charge < -0.3 is 10.5 Å². The van der Waals surface area contributed by atoms with E-state index in [9.17, 15) is 4.39 Å². The fourth-order valence-electron chi connectivity index (χ4n) is 2.07. The smallest absolute Gasteiger partial charge is 0.128 e. The molecule has 0 saturated heterocycles. The highest BCUT2D eigenvalue weighted by Crippen LogP contribution is 2.31. The number of hydrogen-bond acceptors (Lipinski definition) is 2. The van der Waals surface area contributed by atoms with Crippen LogP contribution in [0.2, 0.25) is 0 Å². The third-order valence-electron chi connectivity index (χ3n) is 3.11. The second-order valence-electron chi connectivity index (χ2n) is 4.62. The van der Waals surface area contributed by atoms with Gasteiger partial charge >= 0.3 is 0 Å². The number of nitrogens with two attached hydrogens (primary N) is 1. The molecule has 2 aromatic carbocycles. The van der Waals surface area contributed by atoms with E-state index in [1.165, 1.54) is 6.07 Å². The first kappa shape index (κ1) is 15.0. The van der Waals surface area contributed by atoms with Gasteiger partial charge in [-0.05, 0) is 43.2 Å². The van der Waals surface area contributed by atoms with Gasteiger partial charge in [-0.15, -0.1) is 0 Å². The summed E-state index contributed by atoms with van der Waals surface area (Å²) in [6, 6.07) is 10.1. The minimum atomic E-state index is -0.513. The largest absolute Gasteiger partial charge is 0.494 e. The Balaban J connectivity index is 2.35. The Morgan fingerprint density at radius 3 is 2.50 bits per heavy atom. The molecular formula is C16H17BrFNO. The molecule has 20 heavy (non-hydrogen) atoms. The van der Waals surface area contributed by atoms with Crippen LogP contribution in [0.3, 0.4) is 0 Å². The van der Waals surface area contributed by atoms with Crippen molar-refractivity contribution < 1.29 is 9.13 Å². The van der Waals surface area contributed by atoms with Crippen molar-refractivity contribution in [3.63, 3.8) is 0 Å². The van der Waals surface area contributed by atoms with E-state index in [1.54, 1.807) is 6.07 Å². The van der Waals surface area contributed by atoms with Gasteiger partial charge in [-0.25, -0.2) is 4.39 Å². The molecule has 4 heteroatoms. The summed E-state index contributed by atoms with van der Waals surface area (Å²) in [5.41, 5.74) is 8.38. The minimum absolute atomic E-state index is 0.279. The zero-order valence-electron chi connectivity index (χ0n) is 11.5. The fraction of sp³-hybridized carbons (Fsp3) is 0.250. The van der Waals surface area contributed by atoms with Crippen LogP contribution in [-0.4, -0.2) is 6.61 Å². The predicted octanol–water partition coefficient (Wildman–Crippen LogP) is 4.34. The monoisotopic (exact) mass is 337 g/mol. The molecule has 0 spiro atoms. The van der Waals surface area contributed by atoms with Crippen LogP contribution in [0.1, 0.15) is 29.7 Å². The van der Waals surface area contributed by atoms with Crippen molar-refractivity contribution in [2.75, 3.05) is 6.61 Å².